The van der Waals surface area contributed by atoms with Gasteiger partial charge in [0.25, 0.3) is 0 Å². The zero-order valence-corrected chi connectivity index (χ0v) is 17.6. The van der Waals surface area contributed by atoms with Crippen LogP contribution in [0, 0.1) is 5.92 Å². The number of rotatable bonds is 5. The van der Waals surface area contributed by atoms with E-state index in [1.807, 2.05) is 41.4 Å². The van der Waals surface area contributed by atoms with Gasteiger partial charge in [-0.1, -0.05) is 36.4 Å². The van der Waals surface area contributed by atoms with Crippen molar-refractivity contribution in [3.63, 3.8) is 0 Å². The minimum absolute atomic E-state index is 0.0151. The molecule has 2 aliphatic heterocycles. The van der Waals surface area contributed by atoms with Gasteiger partial charge in [0.15, 0.2) is 0 Å². The van der Waals surface area contributed by atoms with Crippen LogP contribution in [-0.4, -0.2) is 29.5 Å². The summed E-state index contributed by atoms with van der Waals surface area (Å²) in [5.41, 5.74) is 9.85. The lowest BCUT2D eigenvalue weighted by molar-refractivity contribution is -0.119. The van der Waals surface area contributed by atoms with Crippen LogP contribution in [0.5, 0.6) is 0 Å². The number of fused-ring (bicyclic) bond motifs is 1. The Labute approximate surface area is 186 Å². The highest BCUT2D eigenvalue weighted by Crippen LogP contribution is 2.48. The molecule has 1 aromatic heterocycles. The molecule has 0 aliphatic carbocycles. The third kappa shape index (κ3) is 3.45. The lowest BCUT2D eigenvalue weighted by Gasteiger charge is -2.31. The van der Waals surface area contributed by atoms with E-state index in [1.165, 1.54) is 0 Å². The topological polar surface area (TPSA) is 83.6 Å². The van der Waals surface area contributed by atoms with Crippen molar-refractivity contribution in [1.82, 2.24) is 15.8 Å². The predicted molar refractivity (Wildman–Crippen MR) is 120 cm³/mol. The molecule has 0 radical (unpaired) electrons. The summed E-state index contributed by atoms with van der Waals surface area (Å²) in [5.74, 6) is -0.431. The van der Waals surface area contributed by atoms with Crippen molar-refractivity contribution in [3.05, 3.63) is 95.8 Å². The van der Waals surface area contributed by atoms with E-state index in [4.69, 9.17) is 4.74 Å². The summed E-state index contributed by atoms with van der Waals surface area (Å²) in [6.07, 6.45) is 3.55. The minimum Gasteiger partial charge on any atom is -0.462 e. The fourth-order valence-electron chi connectivity index (χ4n) is 4.76. The minimum atomic E-state index is -0.379. The second kappa shape index (κ2) is 8.53. The molecule has 0 spiro atoms. The van der Waals surface area contributed by atoms with Crippen LogP contribution in [0.3, 0.4) is 0 Å². The van der Waals surface area contributed by atoms with Gasteiger partial charge < -0.3 is 9.64 Å². The lowest BCUT2D eigenvalue weighted by Crippen LogP contribution is -2.41. The number of hydrogen-bond donors (Lipinski definition) is 2. The molecule has 1 amide bonds. The van der Waals surface area contributed by atoms with Gasteiger partial charge in [0.1, 0.15) is 6.04 Å². The van der Waals surface area contributed by atoms with Crippen molar-refractivity contribution in [1.29, 1.82) is 0 Å². The summed E-state index contributed by atoms with van der Waals surface area (Å²) >= 11 is 0. The number of hydrazine groups is 1. The van der Waals surface area contributed by atoms with E-state index < -0.39 is 0 Å². The van der Waals surface area contributed by atoms with E-state index in [0.29, 0.717) is 12.2 Å². The van der Waals surface area contributed by atoms with Gasteiger partial charge in [-0.05, 0) is 48.4 Å². The van der Waals surface area contributed by atoms with Crippen molar-refractivity contribution < 1.29 is 14.3 Å². The van der Waals surface area contributed by atoms with Crippen LogP contribution in [0.4, 0.5) is 5.69 Å². The molecule has 2 fully saturated rings. The normalized spacial score (nSPS) is 24.4. The molecule has 2 saturated heterocycles. The Morgan fingerprint density at radius 1 is 0.969 bits per heavy atom. The number of amides is 1. The molecule has 2 aromatic carbocycles. The number of anilines is 1. The maximum absolute atomic E-state index is 13.6. The Kier molecular flexibility index (Phi) is 5.43. The van der Waals surface area contributed by atoms with Crippen LogP contribution in [-0.2, 0) is 9.53 Å². The second-order valence-corrected chi connectivity index (χ2v) is 7.94. The average Bonchev–Trinajstić information content (AvgIpc) is 3.39. The van der Waals surface area contributed by atoms with Gasteiger partial charge in [-0.15, -0.1) is 0 Å². The SMILES string of the molecule is CCOC(=O)c1ccc(N2C(=O)C3NNC(c4ccccc4)C3C2c2cccnc2)cc1. The van der Waals surface area contributed by atoms with Gasteiger partial charge >= 0.3 is 5.97 Å². The van der Waals surface area contributed by atoms with Gasteiger partial charge in [-0.25, -0.2) is 15.6 Å². The summed E-state index contributed by atoms with van der Waals surface area (Å²) in [7, 11) is 0. The fraction of sp³-hybridized carbons (Fsp3) is 0.240. The number of nitrogens with one attached hydrogen (secondary N) is 2. The predicted octanol–water partition coefficient (Wildman–Crippen LogP) is 3.18. The highest BCUT2D eigenvalue weighted by molar-refractivity contribution is 6.02. The van der Waals surface area contributed by atoms with Crippen LogP contribution in [0.25, 0.3) is 0 Å². The van der Waals surface area contributed by atoms with Crippen molar-refractivity contribution in [2.75, 3.05) is 11.5 Å². The van der Waals surface area contributed by atoms with E-state index in [1.54, 1.807) is 37.4 Å². The van der Waals surface area contributed by atoms with Crippen LogP contribution < -0.4 is 15.8 Å². The van der Waals surface area contributed by atoms with Crippen molar-refractivity contribution in [3.8, 4) is 0 Å². The van der Waals surface area contributed by atoms with E-state index in [9.17, 15) is 9.59 Å². The lowest BCUT2D eigenvalue weighted by atomic mass is 9.84. The number of hydrogen-bond acceptors (Lipinski definition) is 6. The Morgan fingerprint density at radius 3 is 2.38 bits per heavy atom. The second-order valence-electron chi connectivity index (χ2n) is 7.94. The number of pyridine rings is 1. The molecule has 7 nitrogen and oxygen atoms in total. The number of ether oxygens (including phenoxy) is 1. The van der Waals surface area contributed by atoms with Gasteiger partial charge in [-0.3, -0.25) is 9.78 Å². The third-order valence-corrected chi connectivity index (χ3v) is 6.15. The van der Waals surface area contributed by atoms with Gasteiger partial charge in [0.2, 0.25) is 5.91 Å². The molecule has 4 unspecified atom stereocenters. The molecule has 7 heteroatoms. The highest BCUT2D eigenvalue weighted by Gasteiger charge is 2.56. The van der Waals surface area contributed by atoms with Gasteiger partial charge in [0.05, 0.1) is 24.3 Å². The maximum atomic E-state index is 13.6. The number of carbonyl (C=O) groups excluding carboxylic acids is 2. The molecule has 4 atom stereocenters. The van der Waals surface area contributed by atoms with Crippen LogP contribution in [0.2, 0.25) is 0 Å². The molecular weight excluding hydrogens is 404 g/mol. The first-order valence-corrected chi connectivity index (χ1v) is 10.7. The van der Waals surface area contributed by atoms with E-state index in [2.05, 4.69) is 28.0 Å². The zero-order valence-electron chi connectivity index (χ0n) is 17.6. The first-order chi connectivity index (χ1) is 15.7. The zero-order chi connectivity index (χ0) is 22.1. The summed E-state index contributed by atoms with van der Waals surface area (Å²) in [5, 5.41) is 0. The first kappa shape index (κ1) is 20.4. The molecule has 5 rings (SSSR count). The van der Waals surface area contributed by atoms with Crippen LogP contribution >= 0.6 is 0 Å². The Balaban J connectivity index is 1.55. The number of carbonyl (C=O) groups is 2. The van der Waals surface area contributed by atoms with E-state index in [0.717, 1.165) is 16.8 Å². The third-order valence-electron chi connectivity index (χ3n) is 6.15. The molecule has 32 heavy (non-hydrogen) atoms. The molecule has 0 bridgehead atoms. The van der Waals surface area contributed by atoms with Gasteiger partial charge in [0, 0.05) is 24.0 Å². The summed E-state index contributed by atoms with van der Waals surface area (Å²) in [4.78, 5) is 31.8. The van der Waals surface area contributed by atoms with Crippen molar-refractivity contribution in [2.45, 2.75) is 25.0 Å². The number of nitrogens with zero attached hydrogens (tertiary/aromatic N) is 2. The molecule has 3 heterocycles. The number of esters is 1. The Morgan fingerprint density at radius 2 is 1.69 bits per heavy atom. The number of aromatic nitrogens is 1. The smallest absolute Gasteiger partial charge is 0.338 e. The summed E-state index contributed by atoms with van der Waals surface area (Å²) in [6.45, 7) is 2.09. The van der Waals surface area contributed by atoms with Crippen LogP contribution in [0.15, 0.2) is 79.1 Å². The summed E-state index contributed by atoms with van der Waals surface area (Å²) in [6, 6.07) is 20.4. The number of benzene rings is 2. The molecular formula is C25H24N4O3. The standard InChI is InChI=1S/C25H24N4O3/c1-2-32-25(31)17-10-12-19(13-11-17)29-23(18-9-6-14-26-15-18)20-21(16-7-4-3-5-8-16)27-28-22(20)24(29)30/h3-15,20-23,27-28H,2H2,1H3. The summed E-state index contributed by atoms with van der Waals surface area (Å²) < 4.78 is 5.08. The van der Waals surface area contributed by atoms with E-state index >= 15 is 0 Å². The molecule has 2 N–H and O–H groups in total. The van der Waals surface area contributed by atoms with Gasteiger partial charge in [-0.2, -0.15) is 0 Å². The van der Waals surface area contributed by atoms with Crippen molar-refractivity contribution >= 4 is 17.6 Å². The quantitative estimate of drug-likeness (QED) is 0.608. The largest absolute Gasteiger partial charge is 0.462 e. The Hall–Kier alpha value is -3.55. The first-order valence-electron chi connectivity index (χ1n) is 10.7. The highest BCUT2D eigenvalue weighted by atomic mass is 16.5. The van der Waals surface area contributed by atoms with Crippen molar-refractivity contribution in [2.24, 2.45) is 5.92 Å². The molecule has 0 saturated carbocycles. The molecule has 162 valence electrons. The fourth-order valence-corrected chi connectivity index (χ4v) is 4.76. The Bertz CT molecular complexity index is 1110. The van der Waals surface area contributed by atoms with E-state index in [-0.39, 0.29) is 35.9 Å². The maximum Gasteiger partial charge on any atom is 0.338 e. The van der Waals surface area contributed by atoms with Crippen LogP contribution in [0.1, 0.15) is 40.5 Å². The average molecular weight is 428 g/mol. The molecule has 3 aromatic rings. The monoisotopic (exact) mass is 428 g/mol. The molecule has 2 aliphatic rings.